The molecule has 0 radical (unpaired) electrons. The molecule has 0 saturated heterocycles. The lowest BCUT2D eigenvalue weighted by atomic mass is 10.3. The Labute approximate surface area is 89.5 Å². The first-order valence-corrected chi connectivity index (χ1v) is 4.28. The van der Waals surface area contributed by atoms with Gasteiger partial charge >= 0.3 is 6.18 Å². The monoisotopic (exact) mass is 231 g/mol. The van der Waals surface area contributed by atoms with E-state index in [9.17, 15) is 13.2 Å². The number of alkyl halides is 3. The number of halogens is 3. The molecule has 0 aliphatic carbocycles. The Morgan fingerprint density at radius 3 is 2.69 bits per heavy atom. The van der Waals surface area contributed by atoms with Crippen LogP contribution in [0.3, 0.4) is 0 Å². The molecule has 0 saturated carbocycles. The summed E-state index contributed by atoms with van der Waals surface area (Å²) in [6.07, 6.45) is -5.34. The average molecular weight is 231 g/mol. The first-order valence-electron chi connectivity index (χ1n) is 4.28. The smallest absolute Gasteiger partial charge is 0.392 e. The minimum atomic E-state index is -4.27. The molecule has 0 aliphatic rings. The van der Waals surface area contributed by atoms with Crippen LogP contribution >= 0.6 is 0 Å². The Hall–Kier alpha value is -1.97. The molecule has 0 unspecified atom stereocenters. The highest BCUT2D eigenvalue weighted by atomic mass is 19.4. The third kappa shape index (κ3) is 3.65. The number of anilines is 1. The molecule has 0 fully saturated rings. The summed E-state index contributed by atoms with van der Waals surface area (Å²) in [5, 5.41) is 8.57. The van der Waals surface area contributed by atoms with E-state index in [4.69, 9.17) is 15.7 Å². The van der Waals surface area contributed by atoms with Crippen LogP contribution in [0.1, 0.15) is 12.1 Å². The Kier molecular flexibility index (Phi) is 3.55. The number of aromatic nitrogens is 1. The van der Waals surface area contributed by atoms with Gasteiger partial charge in [-0.2, -0.15) is 18.4 Å². The van der Waals surface area contributed by atoms with Gasteiger partial charge in [0.15, 0.2) is 5.69 Å². The van der Waals surface area contributed by atoms with E-state index in [0.29, 0.717) is 0 Å². The van der Waals surface area contributed by atoms with Crippen LogP contribution in [0.5, 0.6) is 5.88 Å². The maximum absolute atomic E-state index is 11.8. The first kappa shape index (κ1) is 12.1. The molecule has 4 nitrogen and oxygen atoms in total. The molecule has 2 N–H and O–H groups in total. The van der Waals surface area contributed by atoms with Crippen LogP contribution in [0, 0.1) is 11.3 Å². The van der Waals surface area contributed by atoms with Crippen molar-refractivity contribution in [1.82, 2.24) is 4.98 Å². The zero-order chi connectivity index (χ0) is 12.2. The van der Waals surface area contributed by atoms with Gasteiger partial charge in [0.05, 0.1) is 18.7 Å². The molecule has 0 bridgehead atoms. The van der Waals surface area contributed by atoms with E-state index in [-0.39, 0.29) is 17.3 Å². The first-order chi connectivity index (χ1) is 7.42. The van der Waals surface area contributed by atoms with Gasteiger partial charge in [-0.05, 0) is 6.07 Å². The van der Waals surface area contributed by atoms with Crippen LogP contribution in [-0.2, 0) is 0 Å². The molecule has 1 heterocycles. The fraction of sp³-hybridized carbons (Fsp3) is 0.333. The summed E-state index contributed by atoms with van der Waals surface area (Å²) in [7, 11) is 0. The summed E-state index contributed by atoms with van der Waals surface area (Å²) in [5.74, 6) is -0.0463. The van der Waals surface area contributed by atoms with Gasteiger partial charge in [0.25, 0.3) is 0 Å². The average Bonchev–Trinajstić information content (AvgIpc) is 2.18. The van der Waals surface area contributed by atoms with Gasteiger partial charge in [-0.1, -0.05) is 0 Å². The highest BCUT2D eigenvalue weighted by molar-refractivity contribution is 5.50. The van der Waals surface area contributed by atoms with Gasteiger partial charge in [0.1, 0.15) is 6.07 Å². The highest BCUT2D eigenvalue weighted by Gasteiger charge is 2.26. The molecule has 0 aliphatic heterocycles. The van der Waals surface area contributed by atoms with Gasteiger partial charge in [-0.15, -0.1) is 0 Å². The second kappa shape index (κ2) is 4.70. The Balaban J connectivity index is 2.59. The van der Waals surface area contributed by atoms with Crippen molar-refractivity contribution in [3.63, 3.8) is 0 Å². The van der Waals surface area contributed by atoms with E-state index >= 15 is 0 Å². The number of nitrogen functional groups attached to an aromatic ring is 1. The van der Waals surface area contributed by atoms with Crippen LogP contribution in [0.25, 0.3) is 0 Å². The Morgan fingerprint density at radius 1 is 1.44 bits per heavy atom. The summed E-state index contributed by atoms with van der Waals surface area (Å²) in [4.78, 5) is 3.63. The van der Waals surface area contributed by atoms with Gasteiger partial charge in [0, 0.05) is 6.07 Å². The number of ether oxygens (including phenoxy) is 1. The zero-order valence-corrected chi connectivity index (χ0v) is 8.08. The lowest BCUT2D eigenvalue weighted by Gasteiger charge is -2.08. The van der Waals surface area contributed by atoms with Crippen LogP contribution in [0.2, 0.25) is 0 Å². The number of hydrogen-bond acceptors (Lipinski definition) is 4. The zero-order valence-electron chi connectivity index (χ0n) is 8.08. The van der Waals surface area contributed by atoms with E-state index in [1.54, 1.807) is 6.07 Å². The molecular formula is C9H8F3N3O. The van der Waals surface area contributed by atoms with Crippen molar-refractivity contribution >= 4 is 5.69 Å². The topological polar surface area (TPSA) is 71.9 Å². The molecule has 1 aromatic rings. The van der Waals surface area contributed by atoms with E-state index in [2.05, 4.69) is 4.98 Å². The lowest BCUT2D eigenvalue weighted by Crippen LogP contribution is -2.13. The normalized spacial score (nSPS) is 10.9. The van der Waals surface area contributed by atoms with Crippen molar-refractivity contribution in [3.8, 4) is 11.9 Å². The quantitative estimate of drug-likeness (QED) is 0.861. The Morgan fingerprint density at radius 2 is 2.12 bits per heavy atom. The number of nitriles is 1. The molecule has 0 aromatic carbocycles. The van der Waals surface area contributed by atoms with Gasteiger partial charge in [-0.3, -0.25) is 0 Å². The molecule has 0 amide bonds. The minimum absolute atomic E-state index is 0.0463. The summed E-state index contributed by atoms with van der Waals surface area (Å²) in [6, 6.07) is 4.37. The molecule has 7 heteroatoms. The maximum atomic E-state index is 11.8. The second-order valence-electron chi connectivity index (χ2n) is 2.91. The number of hydrogen-bond donors (Lipinski definition) is 1. The van der Waals surface area contributed by atoms with Crippen molar-refractivity contribution < 1.29 is 17.9 Å². The largest absolute Gasteiger partial charge is 0.477 e. The summed E-state index contributed by atoms with van der Waals surface area (Å²) in [5.41, 5.74) is 5.47. The SMILES string of the molecule is N#Cc1nc(OCCC(F)(F)F)ccc1N. The molecule has 0 atom stereocenters. The van der Waals surface area contributed by atoms with E-state index in [1.807, 2.05) is 0 Å². The van der Waals surface area contributed by atoms with Gasteiger partial charge in [0.2, 0.25) is 5.88 Å². The molecule has 0 spiro atoms. The van der Waals surface area contributed by atoms with Crippen molar-refractivity contribution in [3.05, 3.63) is 17.8 Å². The third-order valence-corrected chi connectivity index (χ3v) is 1.64. The summed E-state index contributed by atoms with van der Waals surface area (Å²) < 4.78 is 40.1. The summed E-state index contributed by atoms with van der Waals surface area (Å²) in [6.45, 7) is -0.536. The van der Waals surface area contributed by atoms with Crippen molar-refractivity contribution in [1.29, 1.82) is 5.26 Å². The predicted molar refractivity (Wildman–Crippen MR) is 49.5 cm³/mol. The van der Waals surface area contributed by atoms with Crippen LogP contribution in [-0.4, -0.2) is 17.8 Å². The minimum Gasteiger partial charge on any atom is -0.477 e. The molecule has 1 aromatic heterocycles. The lowest BCUT2D eigenvalue weighted by molar-refractivity contribution is -0.139. The third-order valence-electron chi connectivity index (χ3n) is 1.64. The Bertz CT molecular complexity index is 411. The second-order valence-corrected chi connectivity index (χ2v) is 2.91. The highest BCUT2D eigenvalue weighted by Crippen LogP contribution is 2.20. The molecule has 86 valence electrons. The number of nitrogens with two attached hydrogens (primary N) is 1. The van der Waals surface area contributed by atoms with E-state index in [1.165, 1.54) is 12.1 Å². The maximum Gasteiger partial charge on any atom is 0.392 e. The van der Waals surface area contributed by atoms with Crippen molar-refractivity contribution in [2.45, 2.75) is 12.6 Å². The summed E-state index contributed by atoms with van der Waals surface area (Å²) >= 11 is 0. The van der Waals surface area contributed by atoms with Crippen molar-refractivity contribution in [2.24, 2.45) is 0 Å². The fourth-order valence-corrected chi connectivity index (χ4v) is 0.893. The standard InChI is InChI=1S/C9H8F3N3O/c10-9(11,12)3-4-16-8-2-1-6(14)7(5-13)15-8/h1-2H,3-4,14H2. The number of nitrogens with zero attached hydrogens (tertiary/aromatic N) is 2. The van der Waals surface area contributed by atoms with E-state index < -0.39 is 19.2 Å². The number of pyridine rings is 1. The van der Waals surface area contributed by atoms with Crippen LogP contribution < -0.4 is 10.5 Å². The molecule has 1 rings (SSSR count). The van der Waals surface area contributed by atoms with E-state index in [0.717, 1.165) is 0 Å². The molecular weight excluding hydrogens is 223 g/mol. The molecule has 16 heavy (non-hydrogen) atoms. The van der Waals surface area contributed by atoms with Crippen molar-refractivity contribution in [2.75, 3.05) is 12.3 Å². The van der Waals surface area contributed by atoms with Crippen LogP contribution in [0.4, 0.5) is 18.9 Å². The van der Waals surface area contributed by atoms with Gasteiger partial charge in [-0.25, -0.2) is 4.98 Å². The van der Waals surface area contributed by atoms with Crippen LogP contribution in [0.15, 0.2) is 12.1 Å². The number of rotatable bonds is 3. The predicted octanol–water partition coefficient (Wildman–Crippen LogP) is 1.87. The van der Waals surface area contributed by atoms with Gasteiger partial charge < -0.3 is 10.5 Å². The fourth-order valence-electron chi connectivity index (χ4n) is 0.893.